The minimum atomic E-state index is -4.40. The van der Waals surface area contributed by atoms with E-state index in [1.807, 2.05) is 43.3 Å². The number of hydrogen-bond acceptors (Lipinski definition) is 3. The number of hydrogen-bond donors (Lipinski definition) is 1. The third-order valence-electron chi connectivity index (χ3n) is 5.13. The molecule has 2 N–H and O–H groups in total. The average Bonchev–Trinajstić information content (AvgIpc) is 2.78. The molecule has 33 heavy (non-hydrogen) atoms. The SMILES string of the molecule is Cc1cc(-c2ccc(C(F)(F)F)cc2)nc(-c2cccc(-c3cccc(S(N)(=O)=O)c3)c2)c1. The van der Waals surface area contributed by atoms with E-state index in [1.54, 1.807) is 12.1 Å². The van der Waals surface area contributed by atoms with Crippen LogP contribution in [0.1, 0.15) is 11.1 Å². The van der Waals surface area contributed by atoms with E-state index in [9.17, 15) is 21.6 Å². The fourth-order valence-corrected chi connectivity index (χ4v) is 4.06. The molecule has 0 atom stereocenters. The number of nitrogens with zero attached hydrogens (tertiary/aromatic N) is 1. The predicted molar refractivity (Wildman–Crippen MR) is 122 cm³/mol. The fraction of sp³-hybridized carbons (Fsp3) is 0.0800. The summed E-state index contributed by atoms with van der Waals surface area (Å²) in [5.74, 6) is 0. The lowest BCUT2D eigenvalue weighted by molar-refractivity contribution is -0.137. The van der Waals surface area contributed by atoms with E-state index in [4.69, 9.17) is 5.14 Å². The molecule has 0 aliphatic carbocycles. The van der Waals surface area contributed by atoms with Crippen molar-refractivity contribution in [2.45, 2.75) is 18.0 Å². The van der Waals surface area contributed by atoms with Crippen LogP contribution in [0, 0.1) is 6.92 Å². The van der Waals surface area contributed by atoms with E-state index >= 15 is 0 Å². The van der Waals surface area contributed by atoms with Crippen molar-refractivity contribution in [2.75, 3.05) is 0 Å². The molecule has 4 aromatic rings. The smallest absolute Gasteiger partial charge is 0.248 e. The molecule has 0 aliphatic heterocycles. The lowest BCUT2D eigenvalue weighted by Crippen LogP contribution is -2.11. The van der Waals surface area contributed by atoms with Gasteiger partial charge in [0, 0.05) is 11.1 Å². The topological polar surface area (TPSA) is 73.0 Å². The first-order valence-electron chi connectivity index (χ1n) is 9.91. The van der Waals surface area contributed by atoms with Gasteiger partial charge in [0.1, 0.15) is 0 Å². The van der Waals surface area contributed by atoms with Crippen LogP contribution in [-0.2, 0) is 16.2 Å². The van der Waals surface area contributed by atoms with Gasteiger partial charge in [0.05, 0.1) is 21.8 Å². The summed E-state index contributed by atoms with van der Waals surface area (Å²) in [6.07, 6.45) is -4.40. The van der Waals surface area contributed by atoms with Gasteiger partial charge < -0.3 is 0 Å². The zero-order valence-corrected chi connectivity index (χ0v) is 18.3. The molecule has 3 aromatic carbocycles. The Hall–Kier alpha value is -3.49. The molecule has 4 nitrogen and oxygen atoms in total. The molecule has 0 unspecified atom stereocenters. The van der Waals surface area contributed by atoms with Gasteiger partial charge in [0.15, 0.2) is 0 Å². The van der Waals surface area contributed by atoms with Crippen LogP contribution in [0.5, 0.6) is 0 Å². The number of halogens is 3. The highest BCUT2D eigenvalue weighted by atomic mass is 32.2. The molecule has 1 heterocycles. The summed E-state index contributed by atoms with van der Waals surface area (Å²) in [6, 6.07) is 22.3. The van der Waals surface area contributed by atoms with Crippen LogP contribution < -0.4 is 5.14 Å². The van der Waals surface area contributed by atoms with Gasteiger partial charge in [0.25, 0.3) is 0 Å². The van der Waals surface area contributed by atoms with Gasteiger partial charge in [-0.25, -0.2) is 18.5 Å². The van der Waals surface area contributed by atoms with E-state index in [2.05, 4.69) is 4.98 Å². The highest BCUT2D eigenvalue weighted by Gasteiger charge is 2.30. The molecule has 0 fully saturated rings. The molecule has 168 valence electrons. The van der Waals surface area contributed by atoms with E-state index in [1.165, 1.54) is 24.3 Å². The number of alkyl halides is 3. The van der Waals surface area contributed by atoms with E-state index < -0.39 is 21.8 Å². The molecule has 0 bridgehead atoms. The number of aryl methyl sites for hydroxylation is 1. The number of pyridine rings is 1. The molecule has 0 aliphatic rings. The van der Waals surface area contributed by atoms with E-state index in [0.29, 0.717) is 22.5 Å². The Kier molecular flexibility index (Phi) is 5.82. The first-order chi connectivity index (χ1) is 15.5. The second-order valence-electron chi connectivity index (χ2n) is 7.64. The van der Waals surface area contributed by atoms with Gasteiger partial charge >= 0.3 is 6.18 Å². The highest BCUT2D eigenvalue weighted by molar-refractivity contribution is 7.89. The molecule has 8 heteroatoms. The van der Waals surface area contributed by atoms with Gasteiger partial charge in [-0.15, -0.1) is 0 Å². The summed E-state index contributed by atoms with van der Waals surface area (Å²) in [5, 5.41) is 5.25. The maximum Gasteiger partial charge on any atom is 0.416 e. The monoisotopic (exact) mass is 468 g/mol. The zero-order valence-electron chi connectivity index (χ0n) is 17.5. The van der Waals surface area contributed by atoms with Gasteiger partial charge in [-0.3, -0.25) is 0 Å². The van der Waals surface area contributed by atoms with Crippen molar-refractivity contribution >= 4 is 10.0 Å². The Morgan fingerprint density at radius 1 is 0.727 bits per heavy atom. The summed E-state index contributed by atoms with van der Waals surface area (Å²) in [5.41, 5.74) is 4.20. The molecule has 1 aromatic heterocycles. The van der Waals surface area contributed by atoms with E-state index in [0.717, 1.165) is 28.8 Å². The lowest BCUT2D eigenvalue weighted by Gasteiger charge is -2.11. The standard InChI is InChI=1S/C25H19F3N2O2S/c1-16-12-23(17-8-10-21(11-9-17)25(26,27)28)30-24(13-16)20-6-2-4-18(14-20)19-5-3-7-22(15-19)33(29,31)32/h2-15H,1H3,(H2,29,31,32). The molecule has 0 spiro atoms. The maximum atomic E-state index is 12.9. The van der Waals surface area contributed by atoms with Crippen LogP contribution in [-0.4, -0.2) is 13.4 Å². The minimum absolute atomic E-state index is 0.0173. The Balaban J connectivity index is 1.73. The third kappa shape index (κ3) is 5.13. The molecular weight excluding hydrogens is 449 g/mol. The Bertz CT molecular complexity index is 1430. The van der Waals surface area contributed by atoms with Crippen molar-refractivity contribution in [2.24, 2.45) is 5.14 Å². The van der Waals surface area contributed by atoms with Crippen LogP contribution in [0.15, 0.2) is 89.8 Å². The van der Waals surface area contributed by atoms with Crippen molar-refractivity contribution in [3.05, 3.63) is 96.1 Å². The number of primary sulfonamides is 1. The average molecular weight is 469 g/mol. The molecule has 4 rings (SSSR count). The molecule has 0 amide bonds. The predicted octanol–water partition coefficient (Wildman–Crippen LogP) is 6.06. The maximum absolute atomic E-state index is 12.9. The fourth-order valence-electron chi connectivity index (χ4n) is 3.50. The van der Waals surface area contributed by atoms with E-state index in [-0.39, 0.29) is 4.90 Å². The largest absolute Gasteiger partial charge is 0.416 e. The van der Waals surface area contributed by atoms with Crippen molar-refractivity contribution in [1.82, 2.24) is 4.98 Å². The van der Waals surface area contributed by atoms with Crippen LogP contribution >= 0.6 is 0 Å². The first kappa shape index (κ1) is 22.7. The van der Waals surface area contributed by atoms with Crippen LogP contribution in [0.3, 0.4) is 0 Å². The Labute approximate surface area is 189 Å². The summed E-state index contributed by atoms with van der Waals surface area (Å²) in [6.45, 7) is 1.89. The molecular formula is C25H19F3N2O2S. The quantitative estimate of drug-likeness (QED) is 0.396. The van der Waals surface area contributed by atoms with Crippen molar-refractivity contribution in [1.29, 1.82) is 0 Å². The number of nitrogens with two attached hydrogens (primary N) is 1. The zero-order chi connectivity index (χ0) is 23.8. The molecule has 0 saturated carbocycles. The van der Waals surface area contributed by atoms with Crippen molar-refractivity contribution in [3.8, 4) is 33.6 Å². The van der Waals surface area contributed by atoms with Gasteiger partial charge in [-0.1, -0.05) is 42.5 Å². The number of benzene rings is 3. The minimum Gasteiger partial charge on any atom is -0.248 e. The normalized spacial score (nSPS) is 12.0. The number of rotatable bonds is 4. The second-order valence-corrected chi connectivity index (χ2v) is 9.21. The molecule has 0 saturated heterocycles. The highest BCUT2D eigenvalue weighted by Crippen LogP contribution is 2.32. The summed E-state index contributed by atoms with van der Waals surface area (Å²) in [4.78, 5) is 4.68. The van der Waals surface area contributed by atoms with Crippen LogP contribution in [0.2, 0.25) is 0 Å². The molecule has 0 radical (unpaired) electrons. The first-order valence-corrected chi connectivity index (χ1v) is 11.5. The van der Waals surface area contributed by atoms with Crippen molar-refractivity contribution < 1.29 is 21.6 Å². The summed E-state index contributed by atoms with van der Waals surface area (Å²) < 4.78 is 62.0. The lowest BCUT2D eigenvalue weighted by atomic mass is 10.00. The Morgan fingerprint density at radius 2 is 1.27 bits per heavy atom. The van der Waals surface area contributed by atoms with Gasteiger partial charge in [-0.05, 0) is 66.1 Å². The second kappa shape index (κ2) is 8.46. The number of sulfonamides is 1. The summed E-state index contributed by atoms with van der Waals surface area (Å²) >= 11 is 0. The summed E-state index contributed by atoms with van der Waals surface area (Å²) in [7, 11) is -3.83. The van der Waals surface area contributed by atoms with Crippen molar-refractivity contribution in [3.63, 3.8) is 0 Å². The Morgan fingerprint density at radius 3 is 1.88 bits per heavy atom. The van der Waals surface area contributed by atoms with Gasteiger partial charge in [0.2, 0.25) is 10.0 Å². The number of aromatic nitrogens is 1. The third-order valence-corrected chi connectivity index (χ3v) is 6.04. The van der Waals surface area contributed by atoms with Crippen LogP contribution in [0.4, 0.5) is 13.2 Å². The van der Waals surface area contributed by atoms with Crippen LogP contribution in [0.25, 0.3) is 33.6 Å². The van der Waals surface area contributed by atoms with Gasteiger partial charge in [-0.2, -0.15) is 13.2 Å².